The first kappa shape index (κ1) is 14.9. The smallest absolute Gasteiger partial charge is 0.260 e. The maximum atomic E-state index is 12.5. The Balaban J connectivity index is 1.67. The van der Waals surface area contributed by atoms with E-state index in [9.17, 15) is 8.42 Å². The molecule has 0 spiro atoms. The molecule has 2 heterocycles. The van der Waals surface area contributed by atoms with Gasteiger partial charge in [-0.15, -0.1) is 0 Å². The van der Waals surface area contributed by atoms with Gasteiger partial charge in [-0.2, -0.15) is 4.31 Å². The van der Waals surface area contributed by atoms with Crippen LogP contribution in [0.15, 0.2) is 23.4 Å². The van der Waals surface area contributed by atoms with E-state index in [1.165, 1.54) is 17.1 Å². The molecule has 1 unspecified atom stereocenters. The minimum absolute atomic E-state index is 0.0122. The number of nitrogens with zero attached hydrogens (tertiary/aromatic N) is 2. The van der Waals surface area contributed by atoms with E-state index in [4.69, 9.17) is 4.74 Å². The van der Waals surface area contributed by atoms with Gasteiger partial charge in [-0.1, -0.05) is 6.07 Å². The van der Waals surface area contributed by atoms with Gasteiger partial charge in [0.2, 0.25) is 0 Å². The molecule has 2 aliphatic rings. The Kier molecular flexibility index (Phi) is 4.26. The number of hydrogen-bond donors (Lipinski definition) is 1. The molecule has 0 bridgehead atoms. The second-order valence-corrected chi connectivity index (χ2v) is 7.55. The molecule has 1 saturated carbocycles. The molecule has 1 aromatic heterocycles. The van der Waals surface area contributed by atoms with Gasteiger partial charge < -0.3 is 10.1 Å². The standard InChI is InChI=1S/C14H21N3O3S/c1-20-13-6-7-17(10-13)21(18,19)14-5-2-11(9-16-14)8-15-12-3-4-12/h2,5,9,12-13,15H,3-4,6-8,10H2,1H3. The molecule has 1 aliphatic carbocycles. The van der Waals surface area contributed by atoms with Crippen LogP contribution in [-0.2, 0) is 21.3 Å². The molecule has 1 atom stereocenters. The minimum atomic E-state index is -3.50. The first-order chi connectivity index (χ1) is 10.1. The van der Waals surface area contributed by atoms with Gasteiger partial charge in [-0.25, -0.2) is 13.4 Å². The largest absolute Gasteiger partial charge is 0.380 e. The van der Waals surface area contributed by atoms with Crippen LogP contribution in [0.25, 0.3) is 0 Å². The lowest BCUT2D eigenvalue weighted by Crippen LogP contribution is -2.30. The Morgan fingerprint density at radius 1 is 1.38 bits per heavy atom. The van der Waals surface area contributed by atoms with Gasteiger partial charge in [0.15, 0.2) is 5.03 Å². The zero-order valence-corrected chi connectivity index (χ0v) is 13.0. The monoisotopic (exact) mass is 311 g/mol. The molecule has 21 heavy (non-hydrogen) atoms. The maximum Gasteiger partial charge on any atom is 0.260 e. The van der Waals surface area contributed by atoms with Crippen molar-refractivity contribution in [3.63, 3.8) is 0 Å². The van der Waals surface area contributed by atoms with E-state index in [0.717, 1.165) is 18.5 Å². The van der Waals surface area contributed by atoms with Gasteiger partial charge in [0, 0.05) is 39.0 Å². The van der Waals surface area contributed by atoms with Gasteiger partial charge in [-0.3, -0.25) is 0 Å². The SMILES string of the molecule is COC1CCN(S(=O)(=O)c2ccc(CNC3CC3)cn2)C1. The topological polar surface area (TPSA) is 71.5 Å². The number of sulfonamides is 1. The van der Waals surface area contributed by atoms with Crippen LogP contribution >= 0.6 is 0 Å². The predicted molar refractivity (Wildman–Crippen MR) is 78.3 cm³/mol. The highest BCUT2D eigenvalue weighted by molar-refractivity contribution is 7.89. The Labute approximate surface area is 125 Å². The summed E-state index contributed by atoms with van der Waals surface area (Å²) in [6, 6.07) is 4.06. The first-order valence-electron chi connectivity index (χ1n) is 7.31. The van der Waals surface area contributed by atoms with Crippen LogP contribution in [0.1, 0.15) is 24.8 Å². The van der Waals surface area contributed by atoms with Crippen LogP contribution in [0.4, 0.5) is 0 Å². The molecule has 7 heteroatoms. The average Bonchev–Trinajstić information content (AvgIpc) is 3.19. The summed E-state index contributed by atoms with van der Waals surface area (Å²) < 4.78 is 31.6. The van der Waals surface area contributed by atoms with Gasteiger partial charge in [0.25, 0.3) is 10.0 Å². The van der Waals surface area contributed by atoms with Crippen molar-refractivity contribution < 1.29 is 13.2 Å². The Morgan fingerprint density at radius 3 is 2.76 bits per heavy atom. The first-order valence-corrected chi connectivity index (χ1v) is 8.75. The molecule has 1 aliphatic heterocycles. The molecule has 0 radical (unpaired) electrons. The Bertz CT molecular complexity index is 584. The molecule has 3 rings (SSSR count). The summed E-state index contributed by atoms with van der Waals surface area (Å²) in [5.41, 5.74) is 1.01. The third-order valence-corrected chi connectivity index (χ3v) is 5.80. The number of aromatic nitrogens is 1. The minimum Gasteiger partial charge on any atom is -0.380 e. The lowest BCUT2D eigenvalue weighted by Gasteiger charge is -2.15. The van der Waals surface area contributed by atoms with Crippen molar-refractivity contribution >= 4 is 10.0 Å². The third-order valence-electron chi connectivity index (χ3n) is 4.02. The molecular formula is C14H21N3O3S. The van der Waals surface area contributed by atoms with Crippen molar-refractivity contribution in [2.24, 2.45) is 0 Å². The summed E-state index contributed by atoms with van der Waals surface area (Å²) in [6.07, 6.45) is 4.83. The fraction of sp³-hybridized carbons (Fsp3) is 0.643. The summed E-state index contributed by atoms with van der Waals surface area (Å²) in [5, 5.41) is 3.50. The molecule has 6 nitrogen and oxygen atoms in total. The second-order valence-electron chi connectivity index (χ2n) is 5.67. The Morgan fingerprint density at radius 2 is 2.19 bits per heavy atom. The fourth-order valence-corrected chi connectivity index (χ4v) is 3.86. The highest BCUT2D eigenvalue weighted by Gasteiger charge is 2.33. The predicted octanol–water partition coefficient (Wildman–Crippen LogP) is 0.743. The highest BCUT2D eigenvalue weighted by Crippen LogP contribution is 2.22. The van der Waals surface area contributed by atoms with Crippen molar-refractivity contribution in [3.8, 4) is 0 Å². The van der Waals surface area contributed by atoms with Crippen LogP contribution in [0.5, 0.6) is 0 Å². The van der Waals surface area contributed by atoms with Gasteiger partial charge in [0.05, 0.1) is 6.10 Å². The molecule has 1 N–H and O–H groups in total. The third kappa shape index (κ3) is 3.42. The summed E-state index contributed by atoms with van der Waals surface area (Å²) in [4.78, 5) is 4.13. The van der Waals surface area contributed by atoms with Gasteiger partial charge in [-0.05, 0) is 30.9 Å². The quantitative estimate of drug-likeness (QED) is 0.839. The fourth-order valence-electron chi connectivity index (χ4n) is 2.46. The molecule has 0 amide bonds. The number of pyridine rings is 1. The maximum absolute atomic E-state index is 12.5. The summed E-state index contributed by atoms with van der Waals surface area (Å²) in [7, 11) is -1.88. The van der Waals surface area contributed by atoms with Crippen molar-refractivity contribution in [1.82, 2.24) is 14.6 Å². The second kappa shape index (κ2) is 6.00. The lowest BCUT2D eigenvalue weighted by atomic mass is 10.3. The molecule has 1 aromatic rings. The molecule has 2 fully saturated rings. The highest BCUT2D eigenvalue weighted by atomic mass is 32.2. The lowest BCUT2D eigenvalue weighted by molar-refractivity contribution is 0.115. The van der Waals surface area contributed by atoms with Crippen LogP contribution in [0, 0.1) is 0 Å². The number of methoxy groups -OCH3 is 1. The van der Waals surface area contributed by atoms with Gasteiger partial charge in [0.1, 0.15) is 0 Å². The van der Waals surface area contributed by atoms with Crippen molar-refractivity contribution in [1.29, 1.82) is 0 Å². The van der Waals surface area contributed by atoms with Crippen molar-refractivity contribution in [2.45, 2.75) is 43.0 Å². The normalized spacial score (nSPS) is 23.6. The van der Waals surface area contributed by atoms with E-state index in [2.05, 4.69) is 10.3 Å². The summed E-state index contributed by atoms with van der Waals surface area (Å²) in [6.45, 7) is 1.65. The van der Waals surface area contributed by atoms with Crippen molar-refractivity contribution in [2.75, 3.05) is 20.2 Å². The van der Waals surface area contributed by atoms with E-state index >= 15 is 0 Å². The average molecular weight is 311 g/mol. The number of nitrogens with one attached hydrogen (secondary N) is 1. The zero-order chi connectivity index (χ0) is 14.9. The van der Waals surface area contributed by atoms with Crippen LogP contribution < -0.4 is 5.32 Å². The van der Waals surface area contributed by atoms with Crippen LogP contribution in [0.2, 0.25) is 0 Å². The van der Waals surface area contributed by atoms with E-state index in [0.29, 0.717) is 19.1 Å². The zero-order valence-electron chi connectivity index (χ0n) is 12.2. The number of hydrogen-bond acceptors (Lipinski definition) is 5. The van der Waals surface area contributed by atoms with E-state index in [-0.39, 0.29) is 11.1 Å². The van der Waals surface area contributed by atoms with E-state index < -0.39 is 10.0 Å². The molecule has 1 saturated heterocycles. The van der Waals surface area contributed by atoms with E-state index in [1.807, 2.05) is 6.07 Å². The molecule has 116 valence electrons. The summed E-state index contributed by atoms with van der Waals surface area (Å²) in [5.74, 6) is 0. The van der Waals surface area contributed by atoms with Crippen LogP contribution in [-0.4, -0.2) is 50.1 Å². The number of rotatable bonds is 6. The van der Waals surface area contributed by atoms with E-state index in [1.54, 1.807) is 19.4 Å². The van der Waals surface area contributed by atoms with Crippen molar-refractivity contribution in [3.05, 3.63) is 23.9 Å². The summed E-state index contributed by atoms with van der Waals surface area (Å²) >= 11 is 0. The molecule has 0 aromatic carbocycles. The number of ether oxygens (including phenoxy) is 1. The van der Waals surface area contributed by atoms with Gasteiger partial charge >= 0.3 is 0 Å². The van der Waals surface area contributed by atoms with Crippen LogP contribution in [0.3, 0.4) is 0 Å². The Hall–Kier alpha value is -1.02. The molecular weight excluding hydrogens is 290 g/mol.